The molecular weight excluding hydrogens is 386 g/mol. The van der Waals surface area contributed by atoms with E-state index in [1.165, 1.54) is 18.4 Å². The summed E-state index contributed by atoms with van der Waals surface area (Å²) in [7, 11) is 0. The molecule has 2 heterocycles. The van der Waals surface area contributed by atoms with Gasteiger partial charge in [-0.1, -0.05) is 56.0 Å². The van der Waals surface area contributed by atoms with Gasteiger partial charge in [0.1, 0.15) is 5.70 Å². The zero-order valence-electron chi connectivity index (χ0n) is 18.3. The smallest absolute Gasteiger partial charge is 0.278 e. The molecule has 2 aromatic rings. The maximum absolute atomic E-state index is 13.7. The van der Waals surface area contributed by atoms with Gasteiger partial charge < -0.3 is 4.90 Å². The number of hydrogen-bond acceptors (Lipinski definition) is 4. The molecule has 0 bridgehead atoms. The lowest BCUT2D eigenvalue weighted by molar-refractivity contribution is -0.140. The summed E-state index contributed by atoms with van der Waals surface area (Å²) in [4.78, 5) is 35.1. The Labute approximate surface area is 184 Å². The third-order valence-electron chi connectivity index (χ3n) is 6.46. The summed E-state index contributed by atoms with van der Waals surface area (Å²) in [5.41, 5.74) is 3.13. The van der Waals surface area contributed by atoms with Gasteiger partial charge in [-0.05, 0) is 49.4 Å². The molecule has 5 heteroatoms. The first-order valence-electron chi connectivity index (χ1n) is 11.5. The highest BCUT2D eigenvalue weighted by Crippen LogP contribution is 2.35. The number of carbonyl (C=O) groups is 2. The van der Waals surface area contributed by atoms with Crippen molar-refractivity contribution >= 4 is 17.4 Å². The molecule has 5 nitrogen and oxygen atoms in total. The van der Waals surface area contributed by atoms with Crippen LogP contribution in [0, 0.1) is 0 Å². The van der Waals surface area contributed by atoms with Crippen LogP contribution in [0.4, 0.5) is 0 Å². The van der Waals surface area contributed by atoms with Gasteiger partial charge in [0.15, 0.2) is 0 Å². The molecule has 2 amide bonds. The van der Waals surface area contributed by atoms with Crippen molar-refractivity contribution in [1.29, 1.82) is 0 Å². The lowest BCUT2D eigenvalue weighted by Crippen LogP contribution is -2.42. The number of amides is 2. The number of likely N-dealkylation sites (N-methyl/N-ethyl adjacent to an activating group) is 1. The van der Waals surface area contributed by atoms with Crippen molar-refractivity contribution in [3.8, 4) is 0 Å². The van der Waals surface area contributed by atoms with E-state index >= 15 is 0 Å². The number of hydrogen-bond donors (Lipinski definition) is 0. The Morgan fingerprint density at radius 2 is 1.61 bits per heavy atom. The van der Waals surface area contributed by atoms with Gasteiger partial charge in [0, 0.05) is 31.5 Å². The number of benzene rings is 1. The summed E-state index contributed by atoms with van der Waals surface area (Å²) < 4.78 is 0. The second kappa shape index (κ2) is 9.90. The molecule has 1 aromatic carbocycles. The van der Waals surface area contributed by atoms with Crippen molar-refractivity contribution in [2.24, 2.45) is 0 Å². The van der Waals surface area contributed by atoms with Gasteiger partial charge >= 0.3 is 0 Å². The topological polar surface area (TPSA) is 53.5 Å². The molecule has 1 aliphatic carbocycles. The summed E-state index contributed by atoms with van der Waals surface area (Å²) in [5, 5.41) is 0. The summed E-state index contributed by atoms with van der Waals surface area (Å²) in [5.74, 6) is -0.243. The normalized spacial score (nSPS) is 17.9. The van der Waals surface area contributed by atoms with Crippen LogP contribution in [0.2, 0.25) is 0 Å². The average Bonchev–Trinajstić information content (AvgIpc) is 2.97. The van der Waals surface area contributed by atoms with E-state index in [1.807, 2.05) is 49.4 Å². The molecule has 0 N–H and O–H groups in total. The van der Waals surface area contributed by atoms with Crippen molar-refractivity contribution in [1.82, 2.24) is 14.8 Å². The van der Waals surface area contributed by atoms with E-state index in [-0.39, 0.29) is 17.9 Å². The first-order chi connectivity index (χ1) is 15.2. The van der Waals surface area contributed by atoms with Crippen LogP contribution in [0.15, 0.2) is 60.6 Å². The molecule has 4 rings (SSSR count). The highest BCUT2D eigenvalue weighted by atomic mass is 16.2. The molecule has 0 saturated heterocycles. The molecular formula is C26H31N3O2. The second-order valence-corrected chi connectivity index (χ2v) is 8.40. The number of imide groups is 1. The highest BCUT2D eigenvalue weighted by Gasteiger charge is 2.44. The number of nitrogens with zero attached hydrogens (tertiary/aromatic N) is 3. The minimum Gasteiger partial charge on any atom is -0.366 e. The second-order valence-electron chi connectivity index (χ2n) is 8.40. The summed E-state index contributed by atoms with van der Waals surface area (Å²) >= 11 is 0. The van der Waals surface area contributed by atoms with Gasteiger partial charge in [0.2, 0.25) is 0 Å². The van der Waals surface area contributed by atoms with Crippen LogP contribution in [-0.2, 0) is 16.0 Å². The Bertz CT molecular complexity index is 932. The Hall–Kier alpha value is -2.95. The largest absolute Gasteiger partial charge is 0.366 e. The lowest BCUT2D eigenvalue weighted by Gasteiger charge is -2.28. The molecule has 1 aromatic heterocycles. The van der Waals surface area contributed by atoms with Crippen molar-refractivity contribution in [3.63, 3.8) is 0 Å². The van der Waals surface area contributed by atoms with Gasteiger partial charge in [-0.2, -0.15) is 0 Å². The zero-order chi connectivity index (χ0) is 21.6. The average molecular weight is 418 g/mol. The van der Waals surface area contributed by atoms with Crippen LogP contribution < -0.4 is 0 Å². The van der Waals surface area contributed by atoms with Gasteiger partial charge in [-0.15, -0.1) is 0 Å². The van der Waals surface area contributed by atoms with Crippen molar-refractivity contribution in [2.75, 3.05) is 13.1 Å². The van der Waals surface area contributed by atoms with Crippen molar-refractivity contribution in [2.45, 2.75) is 57.9 Å². The lowest BCUT2D eigenvalue weighted by atomic mass is 10.0. The van der Waals surface area contributed by atoms with Gasteiger partial charge in [0.05, 0.1) is 5.57 Å². The van der Waals surface area contributed by atoms with E-state index < -0.39 is 0 Å². The molecule has 1 aliphatic heterocycles. The molecule has 2 aliphatic rings. The minimum atomic E-state index is -0.125. The van der Waals surface area contributed by atoms with Crippen molar-refractivity contribution in [3.05, 3.63) is 71.7 Å². The fourth-order valence-corrected chi connectivity index (χ4v) is 4.78. The number of aromatic nitrogens is 1. The molecule has 1 fully saturated rings. The van der Waals surface area contributed by atoms with Crippen LogP contribution in [-0.4, -0.2) is 45.7 Å². The first-order valence-corrected chi connectivity index (χ1v) is 11.5. The highest BCUT2D eigenvalue weighted by molar-refractivity contribution is 6.35. The van der Waals surface area contributed by atoms with Gasteiger partial charge in [-0.25, -0.2) is 0 Å². The van der Waals surface area contributed by atoms with Crippen molar-refractivity contribution < 1.29 is 9.59 Å². The zero-order valence-corrected chi connectivity index (χ0v) is 18.3. The molecule has 31 heavy (non-hydrogen) atoms. The fraction of sp³-hybridized carbons (Fsp3) is 0.423. The Morgan fingerprint density at radius 3 is 2.26 bits per heavy atom. The third-order valence-corrected chi connectivity index (χ3v) is 6.46. The van der Waals surface area contributed by atoms with E-state index in [9.17, 15) is 9.59 Å². The standard InChI is InChI=1S/C26H31N3O2/c1-2-28(19-16-20-14-17-27-18-15-20)24-23(21-10-6-5-7-11-21)25(30)29(26(24)31)22-12-8-3-4-9-13-22/h5-7,10-11,14-15,17-18,22H,2-4,8-9,12-13,16,19H2,1H3. The van der Waals surface area contributed by atoms with E-state index in [0.717, 1.165) is 37.7 Å². The third kappa shape index (κ3) is 4.55. The summed E-state index contributed by atoms with van der Waals surface area (Å²) in [6.07, 6.45) is 10.7. The predicted octanol–water partition coefficient (Wildman–Crippen LogP) is 4.45. The van der Waals surface area contributed by atoms with Crippen LogP contribution in [0.3, 0.4) is 0 Å². The van der Waals surface area contributed by atoms with Gasteiger partial charge in [-0.3, -0.25) is 19.5 Å². The minimum absolute atomic E-state index is 0.0117. The van der Waals surface area contributed by atoms with E-state index in [2.05, 4.69) is 9.88 Å². The number of pyridine rings is 1. The van der Waals surface area contributed by atoms with Gasteiger partial charge in [0.25, 0.3) is 11.8 Å². The Morgan fingerprint density at radius 1 is 0.935 bits per heavy atom. The molecule has 0 radical (unpaired) electrons. The SMILES string of the molecule is CCN(CCc1ccncc1)C1=C(c2ccccc2)C(=O)N(C2CCCCCC2)C1=O. The summed E-state index contributed by atoms with van der Waals surface area (Å²) in [6, 6.07) is 13.7. The monoisotopic (exact) mass is 417 g/mol. The molecule has 0 unspecified atom stereocenters. The predicted molar refractivity (Wildman–Crippen MR) is 122 cm³/mol. The fourth-order valence-electron chi connectivity index (χ4n) is 4.78. The molecule has 0 spiro atoms. The number of rotatable bonds is 7. The van der Waals surface area contributed by atoms with E-state index in [1.54, 1.807) is 17.3 Å². The Kier molecular flexibility index (Phi) is 6.80. The van der Waals surface area contributed by atoms with E-state index in [0.29, 0.717) is 24.4 Å². The van der Waals surface area contributed by atoms with Crippen LogP contribution in [0.1, 0.15) is 56.6 Å². The first kappa shape index (κ1) is 21.3. The molecule has 162 valence electrons. The Balaban J connectivity index is 1.68. The maximum atomic E-state index is 13.7. The van der Waals surface area contributed by atoms with Crippen LogP contribution >= 0.6 is 0 Å². The summed E-state index contributed by atoms with van der Waals surface area (Å²) in [6.45, 7) is 3.41. The molecule has 0 atom stereocenters. The van der Waals surface area contributed by atoms with Crippen LogP contribution in [0.5, 0.6) is 0 Å². The van der Waals surface area contributed by atoms with Crippen LogP contribution in [0.25, 0.3) is 5.57 Å². The van der Waals surface area contributed by atoms with E-state index in [4.69, 9.17) is 0 Å². The maximum Gasteiger partial charge on any atom is 0.278 e. The quantitative estimate of drug-likeness (QED) is 0.493. The number of carbonyl (C=O) groups excluding carboxylic acids is 2. The molecule has 1 saturated carbocycles.